The number of amides is 1. The van der Waals surface area contributed by atoms with Crippen molar-refractivity contribution in [2.24, 2.45) is 5.92 Å². The summed E-state index contributed by atoms with van der Waals surface area (Å²) in [5, 5.41) is 11.8. The Morgan fingerprint density at radius 1 is 1.45 bits per heavy atom. The van der Waals surface area contributed by atoms with Crippen molar-refractivity contribution in [2.45, 2.75) is 45.1 Å². The lowest BCUT2D eigenvalue weighted by molar-refractivity contribution is -0.124. The summed E-state index contributed by atoms with van der Waals surface area (Å²) >= 11 is 0. The lowest BCUT2D eigenvalue weighted by Gasteiger charge is -2.23. The molecule has 0 aromatic heterocycles. The SMILES string of the molecule is CCCC(CCO)CNC(=O)C1CCCN1S(C)(=O)=O. The van der Waals surface area contributed by atoms with Gasteiger partial charge in [-0.05, 0) is 31.6 Å². The Morgan fingerprint density at radius 2 is 2.15 bits per heavy atom. The van der Waals surface area contributed by atoms with Gasteiger partial charge in [-0.3, -0.25) is 4.79 Å². The van der Waals surface area contributed by atoms with Crippen molar-refractivity contribution < 1.29 is 18.3 Å². The van der Waals surface area contributed by atoms with Gasteiger partial charge in [-0.25, -0.2) is 8.42 Å². The number of nitrogens with one attached hydrogen (secondary N) is 1. The first kappa shape index (κ1) is 17.4. The first-order valence-electron chi connectivity index (χ1n) is 7.25. The number of aliphatic hydroxyl groups excluding tert-OH is 1. The molecule has 118 valence electrons. The summed E-state index contributed by atoms with van der Waals surface area (Å²) in [6.45, 7) is 3.10. The minimum absolute atomic E-state index is 0.111. The molecule has 0 aliphatic carbocycles. The van der Waals surface area contributed by atoms with Crippen molar-refractivity contribution in [3.05, 3.63) is 0 Å². The fourth-order valence-corrected chi connectivity index (χ4v) is 3.83. The molecule has 0 saturated carbocycles. The highest BCUT2D eigenvalue weighted by molar-refractivity contribution is 7.88. The number of hydrogen-bond donors (Lipinski definition) is 2. The molecular formula is C13H26N2O4S. The molecule has 1 aliphatic rings. The minimum Gasteiger partial charge on any atom is -0.396 e. The maximum atomic E-state index is 12.1. The standard InChI is InChI=1S/C13H26N2O4S/c1-3-5-11(7-9-16)10-14-13(17)12-6-4-8-15(12)20(2,18)19/h11-12,16H,3-10H2,1-2H3,(H,14,17). The van der Waals surface area contributed by atoms with Gasteiger partial charge in [0.05, 0.1) is 6.26 Å². The van der Waals surface area contributed by atoms with Crippen molar-refractivity contribution in [3.8, 4) is 0 Å². The lowest BCUT2D eigenvalue weighted by atomic mass is 10.00. The third-order valence-electron chi connectivity index (χ3n) is 3.73. The van der Waals surface area contributed by atoms with Crippen LogP contribution in [0.2, 0.25) is 0 Å². The van der Waals surface area contributed by atoms with Crippen molar-refractivity contribution in [2.75, 3.05) is 26.0 Å². The predicted octanol–water partition coefficient (Wildman–Crippen LogP) is 0.325. The molecule has 6 nitrogen and oxygen atoms in total. The van der Waals surface area contributed by atoms with Gasteiger partial charge < -0.3 is 10.4 Å². The first-order chi connectivity index (χ1) is 9.40. The fraction of sp³-hybridized carbons (Fsp3) is 0.923. The third kappa shape index (κ3) is 5.03. The molecule has 1 saturated heterocycles. The summed E-state index contributed by atoms with van der Waals surface area (Å²) in [5.41, 5.74) is 0. The van der Waals surface area contributed by atoms with Gasteiger partial charge in [0.1, 0.15) is 6.04 Å². The minimum atomic E-state index is -3.32. The molecule has 1 aliphatic heterocycles. The molecule has 2 atom stereocenters. The van der Waals surface area contributed by atoms with Crippen LogP contribution < -0.4 is 5.32 Å². The predicted molar refractivity (Wildman–Crippen MR) is 77.7 cm³/mol. The number of carbonyl (C=O) groups is 1. The Morgan fingerprint density at radius 3 is 2.70 bits per heavy atom. The molecule has 20 heavy (non-hydrogen) atoms. The Balaban J connectivity index is 2.53. The van der Waals surface area contributed by atoms with E-state index in [1.807, 2.05) is 0 Å². The number of rotatable bonds is 8. The average molecular weight is 306 g/mol. The number of nitrogens with zero attached hydrogens (tertiary/aromatic N) is 1. The van der Waals surface area contributed by atoms with Crippen LogP contribution in [0.3, 0.4) is 0 Å². The van der Waals surface area contributed by atoms with Crippen LogP contribution in [0.15, 0.2) is 0 Å². The van der Waals surface area contributed by atoms with Crippen LogP contribution in [0, 0.1) is 5.92 Å². The third-order valence-corrected chi connectivity index (χ3v) is 5.02. The van der Waals surface area contributed by atoms with Crippen molar-refractivity contribution >= 4 is 15.9 Å². The lowest BCUT2D eigenvalue weighted by Crippen LogP contribution is -2.46. The van der Waals surface area contributed by atoms with E-state index in [2.05, 4.69) is 12.2 Å². The zero-order valence-corrected chi connectivity index (χ0v) is 13.2. The summed E-state index contributed by atoms with van der Waals surface area (Å²) < 4.78 is 24.5. The molecule has 2 unspecified atom stereocenters. The zero-order valence-electron chi connectivity index (χ0n) is 12.3. The second-order valence-electron chi connectivity index (χ2n) is 5.44. The van der Waals surface area contributed by atoms with E-state index in [4.69, 9.17) is 5.11 Å². The normalized spacial score (nSPS) is 21.9. The molecule has 1 fully saturated rings. The van der Waals surface area contributed by atoms with Crippen LogP contribution in [0.25, 0.3) is 0 Å². The van der Waals surface area contributed by atoms with Crippen LogP contribution in [-0.4, -0.2) is 55.7 Å². The number of aliphatic hydroxyl groups is 1. The van der Waals surface area contributed by atoms with E-state index in [1.54, 1.807) is 0 Å². The van der Waals surface area contributed by atoms with E-state index in [-0.39, 0.29) is 18.4 Å². The van der Waals surface area contributed by atoms with E-state index in [1.165, 1.54) is 4.31 Å². The second-order valence-corrected chi connectivity index (χ2v) is 7.38. The molecule has 0 bridgehead atoms. The van der Waals surface area contributed by atoms with E-state index < -0.39 is 16.1 Å². The van der Waals surface area contributed by atoms with Gasteiger partial charge in [0.15, 0.2) is 0 Å². The number of sulfonamides is 1. The van der Waals surface area contributed by atoms with Crippen LogP contribution in [0.1, 0.15) is 39.0 Å². The maximum absolute atomic E-state index is 12.1. The summed E-state index contributed by atoms with van der Waals surface area (Å²) in [7, 11) is -3.32. The topological polar surface area (TPSA) is 86.7 Å². The first-order valence-corrected chi connectivity index (χ1v) is 9.10. The smallest absolute Gasteiger partial charge is 0.238 e. The van der Waals surface area contributed by atoms with E-state index in [0.717, 1.165) is 25.5 Å². The van der Waals surface area contributed by atoms with E-state index >= 15 is 0 Å². The highest BCUT2D eigenvalue weighted by atomic mass is 32.2. The molecule has 1 amide bonds. The van der Waals surface area contributed by atoms with Gasteiger partial charge in [0.25, 0.3) is 0 Å². The van der Waals surface area contributed by atoms with Crippen LogP contribution in [0.5, 0.6) is 0 Å². The zero-order chi connectivity index (χ0) is 15.2. The molecular weight excluding hydrogens is 280 g/mol. The van der Waals surface area contributed by atoms with Crippen molar-refractivity contribution in [3.63, 3.8) is 0 Å². The molecule has 7 heteroatoms. The average Bonchev–Trinajstić information content (AvgIpc) is 2.85. The summed E-state index contributed by atoms with van der Waals surface area (Å²) in [4.78, 5) is 12.1. The maximum Gasteiger partial charge on any atom is 0.238 e. The highest BCUT2D eigenvalue weighted by Gasteiger charge is 2.36. The quantitative estimate of drug-likeness (QED) is 0.676. The molecule has 1 heterocycles. The summed E-state index contributed by atoms with van der Waals surface area (Å²) in [6.07, 6.45) is 5.05. The molecule has 0 aromatic carbocycles. The Labute approximate surface area is 121 Å². The molecule has 1 rings (SSSR count). The van der Waals surface area contributed by atoms with Gasteiger partial charge >= 0.3 is 0 Å². The van der Waals surface area contributed by atoms with Crippen LogP contribution in [0.4, 0.5) is 0 Å². The summed E-state index contributed by atoms with van der Waals surface area (Å²) in [6, 6.07) is -0.568. The fourth-order valence-electron chi connectivity index (χ4n) is 2.70. The largest absolute Gasteiger partial charge is 0.396 e. The molecule has 0 radical (unpaired) electrons. The van der Waals surface area contributed by atoms with Gasteiger partial charge in [-0.15, -0.1) is 0 Å². The molecule has 0 aromatic rings. The van der Waals surface area contributed by atoms with Crippen molar-refractivity contribution in [1.82, 2.24) is 9.62 Å². The van der Waals surface area contributed by atoms with Crippen molar-refractivity contribution in [1.29, 1.82) is 0 Å². The number of hydrogen-bond acceptors (Lipinski definition) is 4. The Kier molecular flexibility index (Phi) is 6.91. The molecule has 2 N–H and O–H groups in total. The van der Waals surface area contributed by atoms with Gasteiger partial charge in [0.2, 0.25) is 15.9 Å². The van der Waals surface area contributed by atoms with Crippen LogP contribution >= 0.6 is 0 Å². The van der Waals surface area contributed by atoms with Gasteiger partial charge in [-0.2, -0.15) is 4.31 Å². The van der Waals surface area contributed by atoms with Crippen LogP contribution in [-0.2, 0) is 14.8 Å². The van der Waals surface area contributed by atoms with E-state index in [0.29, 0.717) is 25.9 Å². The van der Waals surface area contributed by atoms with E-state index in [9.17, 15) is 13.2 Å². The summed E-state index contributed by atoms with van der Waals surface area (Å²) in [5.74, 6) is 0.0361. The number of carbonyl (C=O) groups excluding carboxylic acids is 1. The Hall–Kier alpha value is -0.660. The molecule has 0 spiro atoms. The van der Waals surface area contributed by atoms with Gasteiger partial charge in [-0.1, -0.05) is 13.3 Å². The highest BCUT2D eigenvalue weighted by Crippen LogP contribution is 2.20. The Bertz CT molecular complexity index is 405. The van der Waals surface area contributed by atoms with Gasteiger partial charge in [0, 0.05) is 19.7 Å². The monoisotopic (exact) mass is 306 g/mol. The second kappa shape index (κ2) is 7.95.